The van der Waals surface area contributed by atoms with Crippen LogP contribution in [0.25, 0.3) is 0 Å². The van der Waals surface area contributed by atoms with E-state index in [0.717, 1.165) is 12.8 Å². The molecule has 0 radical (unpaired) electrons. The number of carboxylic acids is 1. The Morgan fingerprint density at radius 2 is 1.94 bits per heavy atom. The fourth-order valence-electron chi connectivity index (χ4n) is 2.59. The van der Waals surface area contributed by atoms with E-state index in [2.05, 4.69) is 0 Å². The summed E-state index contributed by atoms with van der Waals surface area (Å²) in [5.41, 5.74) is 0. The molecule has 2 heterocycles. The van der Waals surface area contributed by atoms with Crippen molar-refractivity contribution >= 4 is 12.0 Å². The van der Waals surface area contributed by atoms with Crippen molar-refractivity contribution in [2.24, 2.45) is 0 Å². The third-order valence-corrected chi connectivity index (χ3v) is 3.56. The van der Waals surface area contributed by atoms with Crippen molar-refractivity contribution in [3.05, 3.63) is 0 Å². The van der Waals surface area contributed by atoms with E-state index in [9.17, 15) is 9.59 Å². The molecule has 0 saturated carbocycles. The Hall–Kier alpha value is -1.30. The first-order valence-corrected chi connectivity index (χ1v) is 6.51. The van der Waals surface area contributed by atoms with E-state index in [1.807, 2.05) is 6.92 Å². The number of fused-ring (bicyclic) bond motifs is 2. The quantitative estimate of drug-likeness (QED) is 0.806. The average Bonchev–Trinajstić information content (AvgIpc) is 2.68. The molecule has 102 valence electrons. The third-order valence-electron chi connectivity index (χ3n) is 3.56. The molecule has 2 rings (SSSR count). The number of carbonyl (C=O) groups excluding carboxylic acids is 1. The van der Waals surface area contributed by atoms with Crippen molar-refractivity contribution in [3.63, 3.8) is 0 Å². The molecule has 2 atom stereocenters. The van der Waals surface area contributed by atoms with Gasteiger partial charge in [-0.1, -0.05) is 0 Å². The fourth-order valence-corrected chi connectivity index (χ4v) is 2.59. The lowest BCUT2D eigenvalue weighted by Crippen LogP contribution is -2.51. The standard InChI is InChI=1S/C12H20N2O4/c1-2-13(6-5-11(15)16)12(17)14-7-9-3-4-10(8-14)18-9/h9-10H,2-8H2,1H3,(H,15,16). The molecule has 6 nitrogen and oxygen atoms in total. The van der Waals surface area contributed by atoms with Crippen molar-refractivity contribution in [2.45, 2.75) is 38.4 Å². The van der Waals surface area contributed by atoms with Crippen LogP contribution in [0, 0.1) is 0 Å². The van der Waals surface area contributed by atoms with Crippen LogP contribution in [0.2, 0.25) is 0 Å². The van der Waals surface area contributed by atoms with Gasteiger partial charge in [0.2, 0.25) is 0 Å². The molecule has 0 aromatic heterocycles. The molecule has 2 amide bonds. The number of aliphatic carboxylic acids is 1. The van der Waals surface area contributed by atoms with Crippen molar-refractivity contribution in [2.75, 3.05) is 26.2 Å². The second-order valence-corrected chi connectivity index (χ2v) is 4.87. The first-order valence-electron chi connectivity index (χ1n) is 6.51. The Bertz CT molecular complexity index is 322. The second kappa shape index (κ2) is 5.56. The molecule has 2 bridgehead atoms. The molecule has 0 aliphatic carbocycles. The smallest absolute Gasteiger partial charge is 0.320 e. The number of nitrogens with zero attached hydrogens (tertiary/aromatic N) is 2. The molecule has 2 aliphatic heterocycles. The molecule has 2 fully saturated rings. The highest BCUT2D eigenvalue weighted by molar-refractivity contribution is 5.75. The summed E-state index contributed by atoms with van der Waals surface area (Å²) in [5, 5.41) is 8.67. The van der Waals surface area contributed by atoms with E-state index in [0.29, 0.717) is 19.6 Å². The number of rotatable bonds is 4. The molecule has 1 N–H and O–H groups in total. The Morgan fingerprint density at radius 3 is 2.44 bits per heavy atom. The minimum absolute atomic E-state index is 0.00320. The predicted molar refractivity (Wildman–Crippen MR) is 64.4 cm³/mol. The lowest BCUT2D eigenvalue weighted by atomic mass is 10.2. The van der Waals surface area contributed by atoms with Gasteiger partial charge in [0.25, 0.3) is 0 Å². The molecular weight excluding hydrogens is 236 g/mol. The van der Waals surface area contributed by atoms with Crippen LogP contribution in [-0.4, -0.2) is 65.3 Å². The monoisotopic (exact) mass is 256 g/mol. The van der Waals surface area contributed by atoms with Crippen molar-refractivity contribution < 1.29 is 19.4 Å². The van der Waals surface area contributed by atoms with Gasteiger partial charge in [-0.3, -0.25) is 4.79 Å². The number of likely N-dealkylation sites (tertiary alicyclic amines) is 1. The van der Waals surface area contributed by atoms with Gasteiger partial charge in [0.1, 0.15) is 0 Å². The highest BCUT2D eigenvalue weighted by atomic mass is 16.5. The van der Waals surface area contributed by atoms with Crippen LogP contribution < -0.4 is 0 Å². The number of hydrogen-bond acceptors (Lipinski definition) is 3. The number of hydrogen-bond donors (Lipinski definition) is 1. The molecule has 18 heavy (non-hydrogen) atoms. The first kappa shape index (κ1) is 13.1. The van der Waals surface area contributed by atoms with Crippen LogP contribution in [0.3, 0.4) is 0 Å². The van der Waals surface area contributed by atoms with Gasteiger partial charge < -0.3 is 19.6 Å². The summed E-state index contributed by atoms with van der Waals surface area (Å²) in [5.74, 6) is -0.872. The van der Waals surface area contributed by atoms with Crippen molar-refractivity contribution in [1.82, 2.24) is 9.80 Å². The Morgan fingerprint density at radius 1 is 1.33 bits per heavy atom. The van der Waals surface area contributed by atoms with E-state index >= 15 is 0 Å². The number of ether oxygens (including phenoxy) is 1. The number of carbonyl (C=O) groups is 2. The summed E-state index contributed by atoms with van der Waals surface area (Å²) < 4.78 is 5.68. The van der Waals surface area contributed by atoms with Gasteiger partial charge in [-0.2, -0.15) is 0 Å². The fraction of sp³-hybridized carbons (Fsp3) is 0.833. The van der Waals surface area contributed by atoms with Crippen molar-refractivity contribution in [1.29, 1.82) is 0 Å². The Kier molecular flexibility index (Phi) is 4.06. The molecule has 0 aromatic rings. The maximum Gasteiger partial charge on any atom is 0.320 e. The summed E-state index contributed by atoms with van der Waals surface area (Å²) in [6.07, 6.45) is 2.39. The van der Waals surface area contributed by atoms with Crippen molar-refractivity contribution in [3.8, 4) is 0 Å². The zero-order valence-electron chi connectivity index (χ0n) is 10.7. The summed E-state index contributed by atoms with van der Waals surface area (Å²) in [6, 6.07) is -0.0565. The molecule has 6 heteroatoms. The topological polar surface area (TPSA) is 70.1 Å². The predicted octanol–water partition coefficient (Wildman–Crippen LogP) is 0.766. The summed E-state index contributed by atoms with van der Waals surface area (Å²) in [6.45, 7) is 3.96. The van der Waals surface area contributed by atoms with E-state index in [1.54, 1.807) is 9.80 Å². The lowest BCUT2D eigenvalue weighted by molar-refractivity contribution is -0.137. The van der Waals surface area contributed by atoms with E-state index in [1.165, 1.54) is 0 Å². The first-order chi connectivity index (χ1) is 8.60. The van der Waals surface area contributed by atoms with Gasteiger partial charge in [0.15, 0.2) is 0 Å². The normalized spacial score (nSPS) is 26.2. The Balaban J connectivity index is 1.90. The maximum absolute atomic E-state index is 12.3. The molecule has 2 aliphatic rings. The molecule has 0 spiro atoms. The second-order valence-electron chi connectivity index (χ2n) is 4.87. The van der Waals surface area contributed by atoms with Gasteiger partial charge in [-0.25, -0.2) is 4.79 Å². The summed E-state index contributed by atoms with van der Waals surface area (Å²) >= 11 is 0. The highest BCUT2D eigenvalue weighted by Crippen LogP contribution is 2.26. The van der Waals surface area contributed by atoms with Crippen LogP contribution in [0.15, 0.2) is 0 Å². The largest absolute Gasteiger partial charge is 0.481 e. The maximum atomic E-state index is 12.3. The van der Waals surface area contributed by atoms with E-state index < -0.39 is 5.97 Å². The number of morpholine rings is 1. The SMILES string of the molecule is CCN(CCC(=O)O)C(=O)N1CC2CCC(C1)O2. The van der Waals surface area contributed by atoms with E-state index in [4.69, 9.17) is 9.84 Å². The summed E-state index contributed by atoms with van der Waals surface area (Å²) in [7, 11) is 0. The molecule has 2 unspecified atom stereocenters. The third kappa shape index (κ3) is 2.93. The van der Waals surface area contributed by atoms with Crippen LogP contribution >= 0.6 is 0 Å². The van der Waals surface area contributed by atoms with Gasteiger partial charge >= 0.3 is 12.0 Å². The number of amides is 2. The number of carboxylic acid groups (broad SMARTS) is 1. The lowest BCUT2D eigenvalue weighted by Gasteiger charge is -2.35. The average molecular weight is 256 g/mol. The number of urea groups is 1. The van der Waals surface area contributed by atoms with Crippen LogP contribution in [-0.2, 0) is 9.53 Å². The molecule has 0 aromatic carbocycles. The molecule has 2 saturated heterocycles. The van der Waals surface area contributed by atoms with Gasteiger partial charge in [0, 0.05) is 26.2 Å². The zero-order valence-corrected chi connectivity index (χ0v) is 10.7. The molecular formula is C12H20N2O4. The zero-order chi connectivity index (χ0) is 13.1. The highest BCUT2D eigenvalue weighted by Gasteiger charge is 2.36. The van der Waals surface area contributed by atoms with Gasteiger partial charge in [0.05, 0.1) is 18.6 Å². The van der Waals surface area contributed by atoms with Gasteiger partial charge in [-0.15, -0.1) is 0 Å². The minimum atomic E-state index is -0.872. The van der Waals surface area contributed by atoms with E-state index in [-0.39, 0.29) is 31.2 Å². The Labute approximate surface area is 106 Å². The van der Waals surface area contributed by atoms with Crippen LogP contribution in [0.1, 0.15) is 26.2 Å². The minimum Gasteiger partial charge on any atom is -0.481 e. The van der Waals surface area contributed by atoms with Gasteiger partial charge in [-0.05, 0) is 19.8 Å². The summed E-state index contributed by atoms with van der Waals surface area (Å²) in [4.78, 5) is 26.2. The van der Waals surface area contributed by atoms with Crippen LogP contribution in [0.5, 0.6) is 0 Å². The van der Waals surface area contributed by atoms with Crippen LogP contribution in [0.4, 0.5) is 4.79 Å².